The molecule has 40 valence electrons. The van der Waals surface area contributed by atoms with Crippen molar-refractivity contribution in [3.63, 3.8) is 0 Å². The molecule has 0 atom stereocenters. The van der Waals surface area contributed by atoms with Crippen LogP contribution in [0.4, 0.5) is 0 Å². The molecule has 0 unspecified atom stereocenters. The molecule has 0 aromatic carbocycles. The van der Waals surface area contributed by atoms with Crippen molar-refractivity contribution in [2.24, 2.45) is 0 Å². The molecule has 1 aliphatic heterocycles. The van der Waals surface area contributed by atoms with Gasteiger partial charge >= 0.3 is 0 Å². The topological polar surface area (TPSA) is 18.5 Å². The molecule has 0 aromatic heterocycles. The standard InChI is InChI=1S/C5H8O2/c1-5(2)6-3-4-7-5/h3H2,1-2H3. The summed E-state index contributed by atoms with van der Waals surface area (Å²) >= 11 is 0. The molecule has 0 N–H and O–H groups in total. The van der Waals surface area contributed by atoms with E-state index in [4.69, 9.17) is 9.47 Å². The highest BCUT2D eigenvalue weighted by atomic mass is 16.7. The summed E-state index contributed by atoms with van der Waals surface area (Å²) in [5.74, 6) is -0.417. The van der Waals surface area contributed by atoms with Crippen molar-refractivity contribution in [3.05, 3.63) is 6.61 Å². The van der Waals surface area contributed by atoms with Crippen LogP contribution in [0.25, 0.3) is 0 Å². The first-order chi connectivity index (χ1) is 3.21. The van der Waals surface area contributed by atoms with Gasteiger partial charge in [0, 0.05) is 0 Å². The van der Waals surface area contributed by atoms with Gasteiger partial charge in [0.2, 0.25) is 0 Å². The molecule has 0 aliphatic carbocycles. The van der Waals surface area contributed by atoms with E-state index >= 15 is 0 Å². The molecule has 0 spiro atoms. The quantitative estimate of drug-likeness (QED) is 0.448. The SMILES string of the molecule is CC1(C)O[C]CO1. The zero-order valence-electron chi connectivity index (χ0n) is 4.52. The smallest absolute Gasteiger partial charge is 0.164 e. The Labute approximate surface area is 43.4 Å². The molecule has 0 amide bonds. The van der Waals surface area contributed by atoms with Gasteiger partial charge in [-0.2, -0.15) is 0 Å². The lowest BCUT2D eigenvalue weighted by molar-refractivity contribution is -0.118. The Morgan fingerprint density at radius 1 is 1.57 bits per heavy atom. The van der Waals surface area contributed by atoms with Gasteiger partial charge in [-0.3, -0.25) is 0 Å². The Hall–Kier alpha value is -0.0800. The fraction of sp³-hybridized carbons (Fsp3) is 0.800. The van der Waals surface area contributed by atoms with Crippen molar-refractivity contribution in [1.82, 2.24) is 0 Å². The molecule has 1 saturated heterocycles. The van der Waals surface area contributed by atoms with Gasteiger partial charge in [-0.15, -0.1) is 0 Å². The van der Waals surface area contributed by atoms with E-state index in [1.165, 1.54) is 0 Å². The van der Waals surface area contributed by atoms with Crippen LogP contribution in [0.3, 0.4) is 0 Å². The van der Waals surface area contributed by atoms with Gasteiger partial charge in [0.25, 0.3) is 0 Å². The summed E-state index contributed by atoms with van der Waals surface area (Å²) < 4.78 is 9.88. The summed E-state index contributed by atoms with van der Waals surface area (Å²) in [7, 11) is 0. The number of ether oxygens (including phenoxy) is 2. The van der Waals surface area contributed by atoms with Crippen LogP contribution >= 0.6 is 0 Å². The maximum absolute atomic E-state index is 5.01. The third-order valence-corrected chi connectivity index (χ3v) is 0.797. The molecule has 7 heavy (non-hydrogen) atoms. The molecule has 1 aliphatic rings. The van der Waals surface area contributed by atoms with Gasteiger partial charge in [0.15, 0.2) is 12.4 Å². The van der Waals surface area contributed by atoms with Crippen LogP contribution in [-0.4, -0.2) is 12.4 Å². The van der Waals surface area contributed by atoms with Crippen molar-refractivity contribution < 1.29 is 9.47 Å². The Bertz CT molecular complexity index is 60.5. The van der Waals surface area contributed by atoms with E-state index in [-0.39, 0.29) is 0 Å². The second kappa shape index (κ2) is 1.46. The molecule has 1 rings (SSSR count). The maximum Gasteiger partial charge on any atom is 0.164 e. The van der Waals surface area contributed by atoms with E-state index in [2.05, 4.69) is 6.61 Å². The summed E-state index contributed by atoms with van der Waals surface area (Å²) in [6.07, 6.45) is 0. The summed E-state index contributed by atoms with van der Waals surface area (Å²) in [6, 6.07) is 0. The van der Waals surface area contributed by atoms with Crippen LogP contribution in [0, 0.1) is 6.61 Å². The molecule has 1 fully saturated rings. The molecule has 0 aromatic rings. The molecule has 0 bridgehead atoms. The minimum atomic E-state index is -0.417. The van der Waals surface area contributed by atoms with Crippen molar-refractivity contribution >= 4 is 0 Å². The largest absolute Gasteiger partial charge is 0.347 e. The normalized spacial score (nSPS) is 28.3. The minimum absolute atomic E-state index is 0.417. The minimum Gasteiger partial charge on any atom is -0.347 e. The van der Waals surface area contributed by atoms with Crippen molar-refractivity contribution in [3.8, 4) is 0 Å². The third-order valence-electron chi connectivity index (χ3n) is 0.797. The Morgan fingerprint density at radius 3 is 2.43 bits per heavy atom. The third kappa shape index (κ3) is 1.14. The summed E-state index contributed by atoms with van der Waals surface area (Å²) in [5, 5.41) is 0. The van der Waals surface area contributed by atoms with Gasteiger partial charge in [-0.05, 0) is 13.8 Å². The average Bonchev–Trinajstić information content (AvgIpc) is 1.84. The summed E-state index contributed by atoms with van der Waals surface area (Å²) in [4.78, 5) is 0. The van der Waals surface area contributed by atoms with Crippen molar-refractivity contribution in [2.45, 2.75) is 19.6 Å². The van der Waals surface area contributed by atoms with Gasteiger partial charge < -0.3 is 9.47 Å². The lowest BCUT2D eigenvalue weighted by Gasteiger charge is -2.13. The molecular formula is C5H8O2. The molecule has 2 radical (unpaired) electrons. The van der Waals surface area contributed by atoms with E-state index in [0.717, 1.165) is 0 Å². The van der Waals surface area contributed by atoms with Gasteiger partial charge in [0.1, 0.15) is 0 Å². The van der Waals surface area contributed by atoms with E-state index in [1.54, 1.807) is 0 Å². The van der Waals surface area contributed by atoms with Crippen LogP contribution in [-0.2, 0) is 9.47 Å². The summed E-state index contributed by atoms with van der Waals surface area (Å²) in [6.45, 7) is 6.79. The van der Waals surface area contributed by atoms with E-state index in [1.807, 2.05) is 13.8 Å². The van der Waals surface area contributed by atoms with Crippen molar-refractivity contribution in [1.29, 1.82) is 0 Å². The first kappa shape index (κ1) is 5.06. The predicted octanol–water partition coefficient (Wildman–Crippen LogP) is 0.808. The molecule has 2 heteroatoms. The second-order valence-electron chi connectivity index (χ2n) is 1.93. The fourth-order valence-corrected chi connectivity index (χ4v) is 0.436. The maximum atomic E-state index is 5.01. The Balaban J connectivity index is 2.40. The van der Waals surface area contributed by atoms with Crippen LogP contribution < -0.4 is 0 Å². The first-order valence-electron chi connectivity index (χ1n) is 2.25. The molecule has 2 nitrogen and oxygen atoms in total. The fourth-order valence-electron chi connectivity index (χ4n) is 0.436. The van der Waals surface area contributed by atoms with Gasteiger partial charge in [0.05, 0.1) is 6.61 Å². The van der Waals surface area contributed by atoms with Gasteiger partial charge in [-0.1, -0.05) is 0 Å². The van der Waals surface area contributed by atoms with Crippen molar-refractivity contribution in [2.75, 3.05) is 6.61 Å². The van der Waals surface area contributed by atoms with Crippen LogP contribution in [0.15, 0.2) is 0 Å². The Morgan fingerprint density at radius 2 is 2.29 bits per heavy atom. The van der Waals surface area contributed by atoms with E-state index < -0.39 is 5.79 Å². The molecule has 1 heterocycles. The van der Waals surface area contributed by atoms with Crippen LogP contribution in [0.2, 0.25) is 0 Å². The van der Waals surface area contributed by atoms with E-state index in [9.17, 15) is 0 Å². The predicted molar refractivity (Wildman–Crippen MR) is 24.4 cm³/mol. The lowest BCUT2D eigenvalue weighted by Crippen LogP contribution is -2.18. The highest BCUT2D eigenvalue weighted by Crippen LogP contribution is 2.18. The Kier molecular flexibility index (Phi) is 1.05. The number of hydrogen-bond acceptors (Lipinski definition) is 2. The highest BCUT2D eigenvalue weighted by Gasteiger charge is 2.24. The average molecular weight is 100 g/mol. The zero-order chi connectivity index (χ0) is 5.33. The number of rotatable bonds is 0. The highest BCUT2D eigenvalue weighted by molar-refractivity contribution is 4.66. The lowest BCUT2D eigenvalue weighted by atomic mass is 10.4. The summed E-state index contributed by atoms with van der Waals surface area (Å²) in [5.41, 5.74) is 0. The first-order valence-corrected chi connectivity index (χ1v) is 2.25. The van der Waals surface area contributed by atoms with E-state index in [0.29, 0.717) is 6.61 Å². The number of hydrogen-bond donors (Lipinski definition) is 0. The molecular weight excluding hydrogens is 92.1 g/mol. The van der Waals surface area contributed by atoms with Crippen LogP contribution in [0.1, 0.15) is 13.8 Å². The zero-order valence-corrected chi connectivity index (χ0v) is 4.52. The molecule has 0 saturated carbocycles. The van der Waals surface area contributed by atoms with Gasteiger partial charge in [-0.25, -0.2) is 0 Å². The second-order valence-corrected chi connectivity index (χ2v) is 1.93. The van der Waals surface area contributed by atoms with Crippen LogP contribution in [0.5, 0.6) is 0 Å². The monoisotopic (exact) mass is 100 g/mol.